The molecule has 16 heavy (non-hydrogen) atoms. The summed E-state index contributed by atoms with van der Waals surface area (Å²) in [6, 6.07) is 6.66. The minimum absolute atomic E-state index is 0.191. The van der Waals surface area contributed by atoms with Crippen LogP contribution in [0.1, 0.15) is 15.4 Å². The minimum atomic E-state index is -0.191. The zero-order chi connectivity index (χ0) is 11.4. The predicted molar refractivity (Wildman–Crippen MR) is 64.1 cm³/mol. The van der Waals surface area contributed by atoms with Crippen molar-refractivity contribution in [1.29, 1.82) is 0 Å². The van der Waals surface area contributed by atoms with Gasteiger partial charge in [-0.05, 0) is 24.2 Å². The van der Waals surface area contributed by atoms with E-state index >= 15 is 0 Å². The quantitative estimate of drug-likeness (QED) is 0.885. The van der Waals surface area contributed by atoms with Crippen molar-refractivity contribution in [1.82, 2.24) is 4.98 Å². The van der Waals surface area contributed by atoms with Crippen LogP contribution < -0.4 is 5.73 Å². The van der Waals surface area contributed by atoms with Crippen LogP contribution >= 0.6 is 11.3 Å². The van der Waals surface area contributed by atoms with Gasteiger partial charge in [-0.2, -0.15) is 0 Å². The number of thiazole rings is 1. The Morgan fingerprint density at radius 2 is 2.25 bits per heavy atom. The molecular formula is C12H13FN2S. The summed E-state index contributed by atoms with van der Waals surface area (Å²) in [5.41, 5.74) is 6.43. The van der Waals surface area contributed by atoms with E-state index in [2.05, 4.69) is 4.98 Å². The average molecular weight is 236 g/mol. The summed E-state index contributed by atoms with van der Waals surface area (Å²) in [7, 11) is 0. The fraction of sp³-hybridized carbons (Fsp3) is 0.250. The molecule has 1 aromatic heterocycles. The van der Waals surface area contributed by atoms with E-state index in [9.17, 15) is 4.39 Å². The lowest BCUT2D eigenvalue weighted by molar-refractivity contribution is 0.626. The van der Waals surface area contributed by atoms with Crippen LogP contribution in [0.3, 0.4) is 0 Å². The van der Waals surface area contributed by atoms with E-state index in [4.69, 9.17) is 5.73 Å². The highest BCUT2D eigenvalue weighted by molar-refractivity contribution is 7.11. The highest BCUT2D eigenvalue weighted by Gasteiger charge is 2.03. The molecule has 0 fully saturated rings. The number of nitrogens with two attached hydrogens (primary N) is 1. The molecule has 0 saturated heterocycles. The van der Waals surface area contributed by atoms with Crippen LogP contribution in [-0.4, -0.2) is 11.5 Å². The third-order valence-electron chi connectivity index (χ3n) is 2.23. The first-order valence-corrected chi connectivity index (χ1v) is 5.97. The smallest absolute Gasteiger partial charge is 0.123 e. The van der Waals surface area contributed by atoms with Crippen molar-refractivity contribution in [2.45, 2.75) is 12.8 Å². The maximum Gasteiger partial charge on any atom is 0.123 e. The van der Waals surface area contributed by atoms with Gasteiger partial charge in [-0.25, -0.2) is 9.37 Å². The van der Waals surface area contributed by atoms with Crippen molar-refractivity contribution in [3.8, 4) is 0 Å². The van der Waals surface area contributed by atoms with Crippen LogP contribution in [0.2, 0.25) is 0 Å². The molecule has 0 amide bonds. The zero-order valence-electron chi connectivity index (χ0n) is 8.82. The molecule has 0 unspecified atom stereocenters. The topological polar surface area (TPSA) is 38.9 Å². The van der Waals surface area contributed by atoms with Crippen LogP contribution in [-0.2, 0) is 12.8 Å². The van der Waals surface area contributed by atoms with E-state index in [0.717, 1.165) is 28.3 Å². The monoisotopic (exact) mass is 236 g/mol. The summed E-state index contributed by atoms with van der Waals surface area (Å²) in [6.07, 6.45) is 3.40. The SMILES string of the molecule is NCCc1ncc(Cc2cccc(F)c2)s1. The summed E-state index contributed by atoms with van der Waals surface area (Å²) in [5.74, 6) is -0.191. The van der Waals surface area contributed by atoms with Gasteiger partial charge in [0.1, 0.15) is 5.82 Å². The van der Waals surface area contributed by atoms with Crippen molar-refractivity contribution in [3.63, 3.8) is 0 Å². The van der Waals surface area contributed by atoms with Crippen molar-refractivity contribution in [2.24, 2.45) is 5.73 Å². The molecule has 0 aliphatic rings. The Labute approximate surface area is 97.9 Å². The first-order valence-electron chi connectivity index (χ1n) is 5.16. The van der Waals surface area contributed by atoms with E-state index in [-0.39, 0.29) is 5.82 Å². The van der Waals surface area contributed by atoms with Gasteiger partial charge < -0.3 is 5.73 Å². The Balaban J connectivity index is 2.08. The zero-order valence-corrected chi connectivity index (χ0v) is 9.64. The summed E-state index contributed by atoms with van der Waals surface area (Å²) in [4.78, 5) is 5.42. The first kappa shape index (κ1) is 11.2. The number of halogens is 1. The highest BCUT2D eigenvalue weighted by atomic mass is 32.1. The third-order valence-corrected chi connectivity index (χ3v) is 3.28. The Morgan fingerprint density at radius 3 is 3.00 bits per heavy atom. The molecule has 0 radical (unpaired) electrons. The van der Waals surface area contributed by atoms with Crippen LogP contribution in [0.15, 0.2) is 30.5 Å². The first-order chi connectivity index (χ1) is 7.78. The van der Waals surface area contributed by atoms with Crippen LogP contribution in [0, 0.1) is 5.82 Å². The van der Waals surface area contributed by atoms with Gasteiger partial charge in [0.2, 0.25) is 0 Å². The number of hydrogen-bond donors (Lipinski definition) is 1. The van der Waals surface area contributed by atoms with Crippen LogP contribution in [0.25, 0.3) is 0 Å². The fourth-order valence-electron chi connectivity index (χ4n) is 1.52. The molecule has 2 N–H and O–H groups in total. The van der Waals surface area contributed by atoms with Crippen LogP contribution in [0.4, 0.5) is 4.39 Å². The van der Waals surface area contributed by atoms with Gasteiger partial charge in [0.25, 0.3) is 0 Å². The molecule has 0 spiro atoms. The lowest BCUT2D eigenvalue weighted by atomic mass is 10.1. The molecule has 0 bridgehead atoms. The van der Waals surface area contributed by atoms with E-state index in [1.54, 1.807) is 23.5 Å². The molecule has 1 heterocycles. The largest absolute Gasteiger partial charge is 0.330 e. The van der Waals surface area contributed by atoms with E-state index in [0.29, 0.717) is 6.54 Å². The molecule has 0 saturated carbocycles. The molecule has 2 aromatic rings. The second kappa shape index (κ2) is 5.18. The number of nitrogens with zero attached hydrogens (tertiary/aromatic N) is 1. The van der Waals surface area contributed by atoms with Crippen molar-refractivity contribution >= 4 is 11.3 Å². The Hall–Kier alpha value is -1.26. The van der Waals surface area contributed by atoms with E-state index in [1.807, 2.05) is 12.3 Å². The van der Waals surface area contributed by atoms with Crippen molar-refractivity contribution in [3.05, 3.63) is 51.7 Å². The maximum atomic E-state index is 13.0. The molecular weight excluding hydrogens is 223 g/mol. The number of benzene rings is 1. The second-order valence-corrected chi connectivity index (χ2v) is 4.77. The molecule has 2 nitrogen and oxygen atoms in total. The summed E-state index contributed by atoms with van der Waals surface area (Å²) < 4.78 is 13.0. The predicted octanol–water partition coefficient (Wildman–Crippen LogP) is 2.37. The van der Waals surface area contributed by atoms with Gasteiger partial charge >= 0.3 is 0 Å². The lowest BCUT2D eigenvalue weighted by Gasteiger charge is -1.97. The summed E-state index contributed by atoms with van der Waals surface area (Å²) >= 11 is 1.64. The standard InChI is InChI=1S/C12H13FN2S/c13-10-3-1-2-9(6-10)7-11-8-15-12(16-11)4-5-14/h1-3,6,8H,4-5,7,14H2. The van der Waals surface area contributed by atoms with E-state index in [1.165, 1.54) is 6.07 Å². The average Bonchev–Trinajstić information content (AvgIpc) is 2.66. The van der Waals surface area contributed by atoms with E-state index < -0.39 is 0 Å². The molecule has 1 aromatic carbocycles. The van der Waals surface area contributed by atoms with Gasteiger partial charge in [0.05, 0.1) is 5.01 Å². The number of aromatic nitrogens is 1. The maximum absolute atomic E-state index is 13.0. The minimum Gasteiger partial charge on any atom is -0.330 e. The molecule has 0 aliphatic carbocycles. The van der Waals surface area contributed by atoms with Gasteiger partial charge in [0, 0.05) is 23.9 Å². The summed E-state index contributed by atoms with van der Waals surface area (Å²) in [5, 5.41) is 1.05. The molecule has 0 aliphatic heterocycles. The van der Waals surface area contributed by atoms with Gasteiger partial charge in [0.15, 0.2) is 0 Å². The summed E-state index contributed by atoms with van der Waals surface area (Å²) in [6.45, 7) is 0.618. The Kier molecular flexibility index (Phi) is 3.64. The number of rotatable bonds is 4. The van der Waals surface area contributed by atoms with Gasteiger partial charge in [-0.3, -0.25) is 0 Å². The number of hydrogen-bond acceptors (Lipinski definition) is 3. The van der Waals surface area contributed by atoms with Crippen molar-refractivity contribution < 1.29 is 4.39 Å². The highest BCUT2D eigenvalue weighted by Crippen LogP contribution is 2.17. The van der Waals surface area contributed by atoms with Gasteiger partial charge in [-0.1, -0.05) is 12.1 Å². The van der Waals surface area contributed by atoms with Gasteiger partial charge in [-0.15, -0.1) is 11.3 Å². The molecule has 4 heteroatoms. The van der Waals surface area contributed by atoms with Crippen LogP contribution in [0.5, 0.6) is 0 Å². The molecule has 84 valence electrons. The fourth-order valence-corrected chi connectivity index (χ4v) is 2.49. The third kappa shape index (κ3) is 2.87. The van der Waals surface area contributed by atoms with Crippen molar-refractivity contribution in [2.75, 3.05) is 6.54 Å². The molecule has 0 atom stereocenters. The Bertz CT molecular complexity index is 468. The second-order valence-electron chi connectivity index (χ2n) is 3.57. The lowest BCUT2D eigenvalue weighted by Crippen LogP contribution is -2.01. The molecule has 2 rings (SSSR count). The Morgan fingerprint density at radius 1 is 1.38 bits per heavy atom. The normalized spacial score (nSPS) is 10.6.